The number of carbonyl (C=O) groups is 2. The number of nitrogens with one attached hydrogen (secondary N) is 2. The first-order valence-corrected chi connectivity index (χ1v) is 23.7. The van der Waals surface area contributed by atoms with Crippen molar-refractivity contribution in [2.75, 3.05) is 38.2 Å². The molecule has 0 aromatic heterocycles. The van der Waals surface area contributed by atoms with Gasteiger partial charge in [-0.05, 0) is 138 Å². The average molecular weight is 1080 g/mol. The van der Waals surface area contributed by atoms with Gasteiger partial charge in [-0.2, -0.15) is 0 Å². The number of aromatic hydroxyl groups is 1. The first kappa shape index (κ1) is 59.3. The first-order chi connectivity index (χ1) is 31.0. The molecule has 3 aromatic rings. The van der Waals surface area contributed by atoms with Gasteiger partial charge in [0.05, 0.1) is 15.1 Å². The van der Waals surface area contributed by atoms with Crippen molar-refractivity contribution in [1.82, 2.24) is 10.6 Å². The van der Waals surface area contributed by atoms with Crippen LogP contribution in [0.5, 0.6) is 17.2 Å². The third-order valence-electron chi connectivity index (χ3n) is 10.1. The molecule has 6 rings (SSSR count). The summed E-state index contributed by atoms with van der Waals surface area (Å²) in [7, 11) is 0. The van der Waals surface area contributed by atoms with E-state index in [1.165, 1.54) is 18.2 Å². The summed E-state index contributed by atoms with van der Waals surface area (Å²) < 4.78 is 61.6. The van der Waals surface area contributed by atoms with E-state index in [9.17, 15) is 27.9 Å². The van der Waals surface area contributed by atoms with Crippen LogP contribution in [-0.2, 0) is 9.47 Å². The lowest BCUT2D eigenvalue weighted by Gasteiger charge is -2.19. The minimum Gasteiger partial charge on any atom is -0.508 e. The van der Waals surface area contributed by atoms with Crippen LogP contribution in [0.3, 0.4) is 0 Å². The van der Waals surface area contributed by atoms with Crippen LogP contribution in [0.25, 0.3) is 0 Å². The summed E-state index contributed by atoms with van der Waals surface area (Å²) in [6, 6.07) is 8.37. The molecule has 10 nitrogen and oxygen atoms in total. The summed E-state index contributed by atoms with van der Waals surface area (Å²) in [6.07, 6.45) is 6.83. The topological polar surface area (TPSA) is 141 Å². The predicted molar refractivity (Wildman–Crippen MR) is 269 cm³/mol. The van der Waals surface area contributed by atoms with Crippen LogP contribution in [0.2, 0.25) is 15.1 Å². The smallest absolute Gasteiger partial charge is 0.407 e. The highest BCUT2D eigenvalue weighted by Gasteiger charge is 2.42. The molecule has 0 bridgehead atoms. The van der Waals surface area contributed by atoms with Crippen molar-refractivity contribution in [1.29, 1.82) is 0 Å². The number of amides is 2. The van der Waals surface area contributed by atoms with E-state index in [1.54, 1.807) is 51.1 Å². The zero-order valence-corrected chi connectivity index (χ0v) is 43.3. The largest absolute Gasteiger partial charge is 0.508 e. The summed E-state index contributed by atoms with van der Waals surface area (Å²) in [4.78, 5) is 23.2. The molecule has 0 saturated heterocycles. The van der Waals surface area contributed by atoms with Gasteiger partial charge in [-0.1, -0.05) is 82.1 Å². The third-order valence-corrected chi connectivity index (χ3v) is 11.4. The molecule has 6 unspecified atom stereocenters. The summed E-state index contributed by atoms with van der Waals surface area (Å²) in [5.74, 6) is 0.840. The van der Waals surface area contributed by atoms with Crippen molar-refractivity contribution in [3.8, 4) is 17.2 Å². The van der Waals surface area contributed by atoms with Crippen LogP contribution >= 0.6 is 63.1 Å². The third kappa shape index (κ3) is 20.4. The Labute approximate surface area is 422 Å². The van der Waals surface area contributed by atoms with Crippen molar-refractivity contribution < 1.29 is 46.8 Å². The lowest BCUT2D eigenvalue weighted by molar-refractivity contribution is 0.0513. The van der Waals surface area contributed by atoms with E-state index in [0.29, 0.717) is 61.7 Å². The van der Waals surface area contributed by atoms with Gasteiger partial charge in [0, 0.05) is 36.6 Å². The quantitative estimate of drug-likeness (QED) is 0.0871. The highest BCUT2D eigenvalue weighted by Crippen LogP contribution is 2.52. The Kier molecular flexibility index (Phi) is 24.3. The number of phenolic OH excluding ortho intramolecular Hbond substituents is 1. The lowest BCUT2D eigenvalue weighted by Crippen LogP contribution is -2.33. The second-order valence-corrected chi connectivity index (χ2v) is 19.8. The molecule has 3 aliphatic rings. The monoisotopic (exact) mass is 1080 g/mol. The van der Waals surface area contributed by atoms with Gasteiger partial charge in [-0.15, -0.1) is 19.0 Å². The molecule has 67 heavy (non-hydrogen) atoms. The normalized spacial score (nSPS) is 19.6. The van der Waals surface area contributed by atoms with Gasteiger partial charge in [0.15, 0.2) is 0 Å². The van der Waals surface area contributed by atoms with E-state index in [4.69, 9.17) is 59.5 Å². The summed E-state index contributed by atoms with van der Waals surface area (Å²) in [6.45, 7) is 23.7. The van der Waals surface area contributed by atoms with Gasteiger partial charge in [0.1, 0.15) is 59.1 Å². The summed E-state index contributed by atoms with van der Waals surface area (Å²) in [5.41, 5.74) is 6.99. The van der Waals surface area contributed by atoms with E-state index in [1.807, 2.05) is 20.8 Å². The number of nitrogens with two attached hydrogens (primary N) is 1. The number of carbonyl (C=O) groups excluding carboxylic acids is 2. The maximum absolute atomic E-state index is 13.7. The minimum atomic E-state index is -0.637. The van der Waals surface area contributed by atoms with Crippen LogP contribution in [0.1, 0.15) is 95.2 Å². The fourth-order valence-corrected chi connectivity index (χ4v) is 7.23. The number of hydrogen-bond acceptors (Lipinski definition) is 8. The highest BCUT2D eigenvalue weighted by atomic mass is 79.9. The molecule has 372 valence electrons. The zero-order chi connectivity index (χ0) is 49.5. The van der Waals surface area contributed by atoms with Crippen molar-refractivity contribution in [3.63, 3.8) is 0 Å². The molecule has 2 amide bonds. The number of benzene rings is 3. The van der Waals surface area contributed by atoms with E-state index < -0.39 is 40.8 Å². The fraction of sp³-hybridized carbons (Fsp3) is 0.469. The van der Waals surface area contributed by atoms with Gasteiger partial charge >= 0.3 is 12.2 Å². The van der Waals surface area contributed by atoms with Gasteiger partial charge in [0.2, 0.25) is 0 Å². The van der Waals surface area contributed by atoms with E-state index in [2.05, 4.69) is 46.3 Å². The number of halogens is 8. The first-order valence-electron chi connectivity index (χ1n) is 21.4. The van der Waals surface area contributed by atoms with Crippen molar-refractivity contribution in [2.45, 2.75) is 89.8 Å². The van der Waals surface area contributed by atoms with Gasteiger partial charge in [-0.25, -0.2) is 22.8 Å². The molecular weight excluding hydrogens is 1020 g/mol. The van der Waals surface area contributed by atoms with E-state index >= 15 is 0 Å². The van der Waals surface area contributed by atoms with Crippen molar-refractivity contribution in [3.05, 3.63) is 124 Å². The zero-order valence-electron chi connectivity index (χ0n) is 38.7. The molecule has 18 heteroatoms. The van der Waals surface area contributed by atoms with Crippen LogP contribution in [0.15, 0.2) is 74.4 Å². The van der Waals surface area contributed by atoms with Gasteiger partial charge in [0.25, 0.3) is 0 Å². The Morgan fingerprint density at radius 3 is 1.37 bits per heavy atom. The fourth-order valence-electron chi connectivity index (χ4n) is 6.72. The van der Waals surface area contributed by atoms with Crippen LogP contribution in [0, 0.1) is 35.2 Å². The Morgan fingerprint density at radius 2 is 1.03 bits per heavy atom. The van der Waals surface area contributed by atoms with Crippen molar-refractivity contribution >= 4 is 75.3 Å². The van der Waals surface area contributed by atoms with Crippen LogP contribution in [-0.4, -0.2) is 66.7 Å². The summed E-state index contributed by atoms with van der Waals surface area (Å²) in [5, 5.41) is 16.3. The number of alkyl halides is 1. The summed E-state index contributed by atoms with van der Waals surface area (Å²) >= 11 is 20.6. The predicted octanol–water partition coefficient (Wildman–Crippen LogP) is 13.6. The molecule has 3 fully saturated rings. The lowest BCUT2D eigenvalue weighted by atomic mass is 10.1. The standard InChI is InChI=1S/C18H23ClFNO3.C15H19ClFNO3.C13H15ClFNO.C3H5Br.ClH/c1-5-6-23-16-9-15(20)14(19)8-13(16)12-7-11(12)10-21-17(22)24-18(2,3)4;1-15(2,3)21-14(20)18-7-8-4-9(8)10-5-11(16)12(17)6-13(10)19;1-2-3-17-13-6-12(15)11(14)5-10(13)9-4-8(9)7-16;1-2-3-4;/h5,8-9,11-12H,1,6-7,10H2,2-4H3,(H,21,22);5-6,8-9,19H,4,7H2,1-3H3,(H,18,20);2,5-6,8-9H,1,3-4,7,16H2;2H,1,3H2;1H. The molecule has 3 aromatic carbocycles. The highest BCUT2D eigenvalue weighted by molar-refractivity contribution is 9.09. The molecule has 0 radical (unpaired) electrons. The number of rotatable bonds is 15. The van der Waals surface area contributed by atoms with Crippen LogP contribution in [0.4, 0.5) is 22.8 Å². The number of hydrogen-bond donors (Lipinski definition) is 4. The molecule has 3 aliphatic carbocycles. The molecule has 0 aliphatic heterocycles. The maximum atomic E-state index is 13.7. The Hall–Kier alpha value is -3.79. The second-order valence-electron chi connectivity index (χ2n) is 17.9. The van der Waals surface area contributed by atoms with Gasteiger partial charge < -0.3 is 40.4 Å². The molecule has 0 heterocycles. The Bertz CT molecular complexity index is 2160. The Balaban J connectivity index is 0.000000333. The number of alkyl carbamates (subject to hydrolysis) is 2. The van der Waals surface area contributed by atoms with Gasteiger partial charge in [-0.3, -0.25) is 0 Å². The SMILES string of the molecule is C=CCBr.C=CCOc1cc(F)c(Cl)cc1C1CC1CN.C=CCOc1cc(F)c(Cl)cc1C1CC1CNC(=O)OC(C)(C)C.CC(C)(C)OC(=O)NCC1CC1c1cc(Cl)c(F)cc1O.Cl. The van der Waals surface area contributed by atoms with E-state index in [0.717, 1.165) is 41.8 Å². The minimum absolute atomic E-state index is 0. The molecule has 3 saturated carbocycles. The number of allylic oxidation sites excluding steroid dienone is 1. The van der Waals surface area contributed by atoms with Crippen molar-refractivity contribution in [2.24, 2.45) is 23.5 Å². The molecular formula is C49H63BrCl4F3N3O7. The molecule has 5 N–H and O–H groups in total. The second kappa shape index (κ2) is 27.4. The van der Waals surface area contributed by atoms with E-state index in [-0.39, 0.29) is 56.9 Å². The number of ether oxygens (including phenoxy) is 4. The molecule has 6 atom stereocenters. The van der Waals surface area contributed by atoms with Crippen LogP contribution < -0.4 is 25.8 Å². The number of phenols is 1. The Morgan fingerprint density at radius 1 is 0.687 bits per heavy atom. The maximum Gasteiger partial charge on any atom is 0.407 e. The molecule has 0 spiro atoms. The average Bonchev–Trinajstić information content (AvgIpc) is 4.14.